The minimum atomic E-state index is -0.871. The number of hydrogen-bond acceptors (Lipinski definition) is 3. The Hall–Kier alpha value is -0.420. The Labute approximate surface area is 122 Å². The van der Waals surface area contributed by atoms with Gasteiger partial charge in [0.25, 0.3) is 0 Å². The standard InChI is InChI=1S/C10H22N2O2S.2C2H6/c1-3-6-12-10(13)5-8-15(14)9-7-11-4-2;2*1-2/h11H,3-9H2,1-2H3,(H,12,13);2*1-2H3. The van der Waals surface area contributed by atoms with Crippen LogP contribution in [-0.2, 0) is 15.6 Å². The smallest absolute Gasteiger partial charge is 0.220 e. The van der Waals surface area contributed by atoms with Crippen LogP contribution < -0.4 is 10.6 Å². The molecule has 0 saturated heterocycles. The number of carbonyl (C=O) groups is 1. The van der Waals surface area contributed by atoms with Crippen molar-refractivity contribution >= 4 is 16.7 Å². The lowest BCUT2D eigenvalue weighted by Gasteiger charge is -2.04. The van der Waals surface area contributed by atoms with Crippen LogP contribution in [0.25, 0.3) is 0 Å². The van der Waals surface area contributed by atoms with Crippen molar-refractivity contribution in [1.29, 1.82) is 0 Å². The number of nitrogens with one attached hydrogen (secondary N) is 2. The van der Waals surface area contributed by atoms with Gasteiger partial charge >= 0.3 is 0 Å². The summed E-state index contributed by atoms with van der Waals surface area (Å²) in [5, 5.41) is 5.87. The van der Waals surface area contributed by atoms with Gasteiger partial charge in [-0.15, -0.1) is 0 Å². The number of rotatable bonds is 9. The number of carbonyl (C=O) groups excluding carboxylic acids is 1. The molecule has 0 rings (SSSR count). The Morgan fingerprint density at radius 2 is 1.58 bits per heavy atom. The van der Waals surface area contributed by atoms with Crippen LogP contribution in [0, 0.1) is 0 Å². The molecule has 1 amide bonds. The van der Waals surface area contributed by atoms with Gasteiger partial charge in [-0.2, -0.15) is 0 Å². The second-order valence-corrected chi connectivity index (χ2v) is 5.00. The van der Waals surface area contributed by atoms with Crippen LogP contribution in [-0.4, -0.2) is 41.3 Å². The first-order valence-corrected chi connectivity index (χ1v) is 9.01. The second kappa shape index (κ2) is 22.7. The lowest BCUT2D eigenvalue weighted by atomic mass is 10.4. The van der Waals surface area contributed by atoms with E-state index in [0.717, 1.165) is 19.5 Å². The molecule has 0 saturated carbocycles. The number of amides is 1. The van der Waals surface area contributed by atoms with Crippen molar-refractivity contribution in [3.05, 3.63) is 0 Å². The third kappa shape index (κ3) is 23.1. The van der Waals surface area contributed by atoms with E-state index in [0.29, 0.717) is 24.5 Å². The van der Waals surface area contributed by atoms with Crippen LogP contribution in [0.4, 0.5) is 0 Å². The first-order chi connectivity index (χ1) is 9.20. The SMILES string of the molecule is CC.CC.CCCNC(=O)CCS(=O)CCNCC. The molecule has 0 aromatic heterocycles. The lowest BCUT2D eigenvalue weighted by Crippen LogP contribution is -2.26. The van der Waals surface area contributed by atoms with Crippen molar-refractivity contribution in [2.45, 2.75) is 54.4 Å². The molecule has 0 aliphatic carbocycles. The van der Waals surface area contributed by atoms with E-state index in [9.17, 15) is 9.00 Å². The molecule has 0 aliphatic rings. The average Bonchev–Trinajstić information content (AvgIpc) is 2.47. The van der Waals surface area contributed by atoms with Gasteiger partial charge in [0, 0.05) is 41.8 Å². The van der Waals surface area contributed by atoms with Crippen molar-refractivity contribution in [3.8, 4) is 0 Å². The highest BCUT2D eigenvalue weighted by Crippen LogP contribution is 1.88. The van der Waals surface area contributed by atoms with Crippen molar-refractivity contribution in [3.63, 3.8) is 0 Å². The summed E-state index contributed by atoms with van der Waals surface area (Å²) < 4.78 is 11.4. The maximum Gasteiger partial charge on any atom is 0.220 e. The normalized spacial score (nSPS) is 10.4. The maximum atomic E-state index is 11.4. The van der Waals surface area contributed by atoms with Gasteiger partial charge < -0.3 is 10.6 Å². The van der Waals surface area contributed by atoms with Crippen molar-refractivity contribution < 1.29 is 9.00 Å². The molecule has 2 N–H and O–H groups in total. The summed E-state index contributed by atoms with van der Waals surface area (Å²) in [6, 6.07) is 0. The summed E-state index contributed by atoms with van der Waals surface area (Å²) in [6.45, 7) is 14.4. The maximum absolute atomic E-state index is 11.4. The highest BCUT2D eigenvalue weighted by atomic mass is 32.2. The molecule has 0 aliphatic heterocycles. The van der Waals surface area contributed by atoms with Gasteiger partial charge in [0.2, 0.25) is 5.91 Å². The minimum absolute atomic E-state index is 0.00801. The molecule has 0 heterocycles. The van der Waals surface area contributed by atoms with Gasteiger partial charge in [0.15, 0.2) is 0 Å². The molecular weight excluding hydrogens is 260 g/mol. The van der Waals surface area contributed by atoms with E-state index in [1.54, 1.807) is 0 Å². The van der Waals surface area contributed by atoms with E-state index in [-0.39, 0.29) is 5.91 Å². The van der Waals surface area contributed by atoms with Gasteiger partial charge in [0.05, 0.1) is 0 Å². The first kappa shape index (κ1) is 23.7. The number of hydrogen-bond donors (Lipinski definition) is 2. The molecule has 0 spiro atoms. The van der Waals surface area contributed by atoms with E-state index >= 15 is 0 Å². The molecule has 5 heteroatoms. The van der Waals surface area contributed by atoms with Crippen molar-refractivity contribution in [1.82, 2.24) is 10.6 Å². The molecule has 4 nitrogen and oxygen atoms in total. The van der Waals surface area contributed by atoms with E-state index in [4.69, 9.17) is 0 Å². The van der Waals surface area contributed by atoms with Gasteiger partial charge in [-0.3, -0.25) is 9.00 Å². The quantitative estimate of drug-likeness (QED) is 0.642. The Morgan fingerprint density at radius 3 is 2.05 bits per heavy atom. The molecular formula is C14H34N2O2S. The molecule has 19 heavy (non-hydrogen) atoms. The van der Waals surface area contributed by atoms with E-state index < -0.39 is 10.8 Å². The largest absolute Gasteiger partial charge is 0.356 e. The zero-order valence-corrected chi connectivity index (χ0v) is 14.5. The monoisotopic (exact) mass is 294 g/mol. The van der Waals surface area contributed by atoms with Gasteiger partial charge in [-0.1, -0.05) is 41.5 Å². The fourth-order valence-corrected chi connectivity index (χ4v) is 2.01. The second-order valence-electron chi connectivity index (χ2n) is 3.30. The average molecular weight is 295 g/mol. The van der Waals surface area contributed by atoms with Crippen LogP contribution in [0.3, 0.4) is 0 Å². The molecule has 118 valence electrons. The molecule has 1 unspecified atom stereocenters. The predicted molar refractivity (Wildman–Crippen MR) is 87.0 cm³/mol. The van der Waals surface area contributed by atoms with Gasteiger partial charge in [-0.05, 0) is 13.0 Å². The van der Waals surface area contributed by atoms with Gasteiger partial charge in [-0.25, -0.2) is 0 Å². The highest BCUT2D eigenvalue weighted by molar-refractivity contribution is 7.85. The topological polar surface area (TPSA) is 58.2 Å². The summed E-state index contributed by atoms with van der Waals surface area (Å²) in [6.07, 6.45) is 1.31. The van der Waals surface area contributed by atoms with E-state index in [1.807, 2.05) is 41.5 Å². The third-order valence-electron chi connectivity index (χ3n) is 1.89. The summed E-state index contributed by atoms with van der Waals surface area (Å²) in [7, 11) is -0.871. The lowest BCUT2D eigenvalue weighted by molar-refractivity contribution is -0.120. The minimum Gasteiger partial charge on any atom is -0.356 e. The van der Waals surface area contributed by atoms with Crippen LogP contribution >= 0.6 is 0 Å². The molecule has 0 aromatic carbocycles. The Balaban J connectivity index is -0.000000579. The first-order valence-electron chi connectivity index (χ1n) is 7.53. The summed E-state index contributed by atoms with van der Waals surface area (Å²) in [4.78, 5) is 11.2. The summed E-state index contributed by atoms with van der Waals surface area (Å²) >= 11 is 0. The van der Waals surface area contributed by atoms with Crippen LogP contribution in [0.1, 0.15) is 54.4 Å². The predicted octanol–water partition coefficient (Wildman–Crippen LogP) is 2.31. The molecule has 0 fully saturated rings. The molecule has 0 aromatic rings. The Bertz CT molecular complexity index is 200. The van der Waals surface area contributed by atoms with Crippen LogP contribution in [0.2, 0.25) is 0 Å². The molecule has 0 radical (unpaired) electrons. The zero-order chi connectivity index (χ0) is 15.5. The van der Waals surface area contributed by atoms with Crippen LogP contribution in [0.15, 0.2) is 0 Å². The Kier molecular flexibility index (Phi) is 28.3. The van der Waals surface area contributed by atoms with Crippen molar-refractivity contribution in [2.75, 3.05) is 31.1 Å². The highest BCUT2D eigenvalue weighted by Gasteiger charge is 2.04. The van der Waals surface area contributed by atoms with E-state index in [1.165, 1.54) is 0 Å². The fourth-order valence-electron chi connectivity index (χ4n) is 1.02. The molecule has 1 atom stereocenters. The summed E-state index contributed by atoms with van der Waals surface area (Å²) in [5.74, 6) is 1.11. The van der Waals surface area contributed by atoms with Crippen LogP contribution in [0.5, 0.6) is 0 Å². The van der Waals surface area contributed by atoms with E-state index in [2.05, 4.69) is 10.6 Å². The fraction of sp³-hybridized carbons (Fsp3) is 0.929. The van der Waals surface area contributed by atoms with Gasteiger partial charge in [0.1, 0.15) is 0 Å². The summed E-state index contributed by atoms with van der Waals surface area (Å²) in [5.41, 5.74) is 0. The Morgan fingerprint density at radius 1 is 1.00 bits per heavy atom. The third-order valence-corrected chi connectivity index (χ3v) is 3.20. The molecule has 0 bridgehead atoms. The zero-order valence-electron chi connectivity index (χ0n) is 13.7. The van der Waals surface area contributed by atoms with Crippen molar-refractivity contribution in [2.24, 2.45) is 0 Å².